The van der Waals surface area contributed by atoms with E-state index < -0.39 is 5.97 Å². The lowest BCUT2D eigenvalue weighted by atomic mass is 10.2. The summed E-state index contributed by atoms with van der Waals surface area (Å²) in [4.78, 5) is 28.5. The zero-order valence-corrected chi connectivity index (χ0v) is 15.4. The fraction of sp³-hybridized carbons (Fsp3) is 0.294. The Labute approximate surface area is 150 Å². The van der Waals surface area contributed by atoms with Crippen LogP contribution in [-0.2, 0) is 16.1 Å². The average Bonchev–Trinajstić information content (AvgIpc) is 2.97. The molecule has 0 atom stereocenters. The molecule has 7 heteroatoms. The van der Waals surface area contributed by atoms with E-state index in [4.69, 9.17) is 16.3 Å². The molecule has 0 fully saturated rings. The van der Waals surface area contributed by atoms with E-state index in [1.165, 1.54) is 16.2 Å². The molecule has 0 bridgehead atoms. The zero-order valence-electron chi connectivity index (χ0n) is 13.8. The first-order chi connectivity index (χ1) is 11.4. The van der Waals surface area contributed by atoms with Crippen LogP contribution < -0.4 is 4.90 Å². The van der Waals surface area contributed by atoms with Crippen molar-refractivity contribution >= 4 is 40.5 Å². The third kappa shape index (κ3) is 4.97. The minimum Gasteiger partial charge on any atom is -0.452 e. The van der Waals surface area contributed by atoms with Gasteiger partial charge in [0.05, 0.1) is 16.4 Å². The number of anilines is 1. The molecule has 0 aliphatic carbocycles. The largest absolute Gasteiger partial charge is 0.452 e. The van der Waals surface area contributed by atoms with E-state index in [0.29, 0.717) is 16.4 Å². The lowest BCUT2D eigenvalue weighted by molar-refractivity contribution is -0.133. The van der Waals surface area contributed by atoms with Crippen LogP contribution in [0.5, 0.6) is 0 Å². The van der Waals surface area contributed by atoms with Crippen molar-refractivity contribution in [2.45, 2.75) is 6.54 Å². The van der Waals surface area contributed by atoms with E-state index in [1.807, 2.05) is 31.1 Å². The van der Waals surface area contributed by atoms with Gasteiger partial charge in [-0.15, -0.1) is 11.3 Å². The van der Waals surface area contributed by atoms with Gasteiger partial charge in [0.2, 0.25) is 0 Å². The molecule has 1 heterocycles. The number of ether oxygens (including phenoxy) is 1. The second-order valence-corrected chi connectivity index (χ2v) is 7.28. The Balaban J connectivity index is 1.88. The minimum absolute atomic E-state index is 0.267. The Bertz CT molecular complexity index is 730. The molecule has 0 saturated carbocycles. The number of halogens is 1. The first kappa shape index (κ1) is 18.3. The summed E-state index contributed by atoms with van der Waals surface area (Å²) in [7, 11) is 5.44. The Morgan fingerprint density at radius 2 is 1.92 bits per heavy atom. The average molecular weight is 367 g/mol. The van der Waals surface area contributed by atoms with Crippen LogP contribution in [0.3, 0.4) is 0 Å². The molecular formula is C17H19ClN2O3S. The van der Waals surface area contributed by atoms with Crippen molar-refractivity contribution in [2.24, 2.45) is 0 Å². The molecule has 0 spiro atoms. The molecule has 0 saturated heterocycles. The number of esters is 1. The number of hydrogen-bond donors (Lipinski definition) is 0. The van der Waals surface area contributed by atoms with E-state index in [9.17, 15) is 9.59 Å². The Morgan fingerprint density at radius 1 is 1.17 bits per heavy atom. The smallest absolute Gasteiger partial charge is 0.338 e. The second kappa shape index (κ2) is 8.17. The van der Waals surface area contributed by atoms with Crippen LogP contribution in [0.1, 0.15) is 15.2 Å². The fourth-order valence-electron chi connectivity index (χ4n) is 1.99. The van der Waals surface area contributed by atoms with E-state index in [0.717, 1.165) is 10.6 Å². The molecule has 2 aromatic rings. The normalized spacial score (nSPS) is 10.3. The molecule has 0 unspecified atom stereocenters. The molecule has 1 aromatic heterocycles. The van der Waals surface area contributed by atoms with E-state index >= 15 is 0 Å². The molecule has 1 amide bonds. The molecule has 2 rings (SSSR count). The van der Waals surface area contributed by atoms with Gasteiger partial charge in [-0.2, -0.15) is 0 Å². The van der Waals surface area contributed by atoms with Gasteiger partial charge in [-0.1, -0.05) is 17.7 Å². The highest BCUT2D eigenvalue weighted by atomic mass is 35.5. The monoisotopic (exact) mass is 366 g/mol. The number of nitrogens with zero attached hydrogens (tertiary/aromatic N) is 2. The number of amides is 1. The van der Waals surface area contributed by atoms with Gasteiger partial charge < -0.3 is 14.5 Å². The second-order valence-electron chi connectivity index (χ2n) is 5.48. The maximum Gasteiger partial charge on any atom is 0.338 e. The Kier molecular flexibility index (Phi) is 6.23. The summed E-state index contributed by atoms with van der Waals surface area (Å²) < 4.78 is 5.80. The number of rotatable bonds is 6. The van der Waals surface area contributed by atoms with Crippen LogP contribution in [0.15, 0.2) is 36.4 Å². The highest BCUT2D eigenvalue weighted by Crippen LogP contribution is 2.22. The van der Waals surface area contributed by atoms with Gasteiger partial charge in [0.25, 0.3) is 5.91 Å². The first-order valence-corrected chi connectivity index (χ1v) is 8.49. The summed E-state index contributed by atoms with van der Waals surface area (Å²) in [5.74, 6) is -0.781. The van der Waals surface area contributed by atoms with Crippen LogP contribution in [-0.4, -0.2) is 44.5 Å². The lowest BCUT2D eigenvalue weighted by Gasteiger charge is -2.16. The van der Waals surface area contributed by atoms with Crippen molar-refractivity contribution in [3.63, 3.8) is 0 Å². The number of hydrogen-bond acceptors (Lipinski definition) is 5. The van der Waals surface area contributed by atoms with Crippen molar-refractivity contribution in [2.75, 3.05) is 32.6 Å². The number of carbonyl (C=O) groups is 2. The van der Waals surface area contributed by atoms with Crippen molar-refractivity contribution in [1.29, 1.82) is 0 Å². The third-order valence-corrected chi connectivity index (χ3v) is 4.59. The third-order valence-electron chi connectivity index (χ3n) is 3.37. The topological polar surface area (TPSA) is 49.9 Å². The molecule has 0 radical (unpaired) electrons. The van der Waals surface area contributed by atoms with Crippen LogP contribution in [0.4, 0.5) is 5.69 Å². The van der Waals surface area contributed by atoms with E-state index in [-0.39, 0.29) is 12.5 Å². The first-order valence-electron chi connectivity index (χ1n) is 7.29. The van der Waals surface area contributed by atoms with Gasteiger partial charge in [0.15, 0.2) is 6.61 Å². The Hall–Kier alpha value is -2.05. The maximum atomic E-state index is 12.1. The Morgan fingerprint density at radius 3 is 2.54 bits per heavy atom. The number of likely N-dealkylation sites (N-methyl/N-ethyl adjacent to an activating group) is 1. The number of benzene rings is 1. The standard InChI is InChI=1S/C17H19ClN2O3S/c1-19(2)13-6-4-5-12(9-13)17(22)23-11-16(21)20(3)10-14-7-8-15(18)24-14/h4-9H,10-11H2,1-3H3. The highest BCUT2D eigenvalue weighted by Gasteiger charge is 2.15. The van der Waals surface area contributed by atoms with Gasteiger partial charge in [-0.25, -0.2) is 4.79 Å². The summed E-state index contributed by atoms with van der Waals surface area (Å²) in [5.41, 5.74) is 1.31. The number of carbonyl (C=O) groups excluding carboxylic acids is 2. The fourth-order valence-corrected chi connectivity index (χ4v) is 3.13. The van der Waals surface area contributed by atoms with Crippen LogP contribution >= 0.6 is 22.9 Å². The molecule has 128 valence electrons. The van der Waals surface area contributed by atoms with Crippen molar-refractivity contribution in [3.05, 3.63) is 51.2 Å². The van der Waals surface area contributed by atoms with Gasteiger partial charge >= 0.3 is 5.97 Å². The van der Waals surface area contributed by atoms with Crippen molar-refractivity contribution in [3.8, 4) is 0 Å². The van der Waals surface area contributed by atoms with Crippen molar-refractivity contribution < 1.29 is 14.3 Å². The lowest BCUT2D eigenvalue weighted by Crippen LogP contribution is -2.30. The van der Waals surface area contributed by atoms with Crippen LogP contribution in [0.25, 0.3) is 0 Å². The summed E-state index contributed by atoms with van der Waals surface area (Å²) >= 11 is 7.29. The summed E-state index contributed by atoms with van der Waals surface area (Å²) in [6, 6.07) is 10.7. The van der Waals surface area contributed by atoms with Gasteiger partial charge in [-0.3, -0.25) is 4.79 Å². The molecular weight excluding hydrogens is 348 g/mol. The maximum absolute atomic E-state index is 12.1. The van der Waals surface area contributed by atoms with Crippen LogP contribution in [0, 0.1) is 0 Å². The summed E-state index contributed by atoms with van der Waals surface area (Å²) in [6.45, 7) is 0.143. The van der Waals surface area contributed by atoms with Crippen LogP contribution in [0.2, 0.25) is 4.34 Å². The quantitative estimate of drug-likeness (QED) is 0.736. The predicted molar refractivity (Wildman–Crippen MR) is 96.9 cm³/mol. The summed E-state index contributed by atoms with van der Waals surface area (Å²) in [6.07, 6.45) is 0. The minimum atomic E-state index is -0.514. The molecule has 24 heavy (non-hydrogen) atoms. The number of thiophene rings is 1. The van der Waals surface area contributed by atoms with Crippen molar-refractivity contribution in [1.82, 2.24) is 4.90 Å². The molecule has 5 nitrogen and oxygen atoms in total. The highest BCUT2D eigenvalue weighted by molar-refractivity contribution is 7.16. The van der Waals surface area contributed by atoms with Gasteiger partial charge in [0.1, 0.15) is 0 Å². The van der Waals surface area contributed by atoms with Gasteiger partial charge in [-0.05, 0) is 30.3 Å². The molecule has 0 aliphatic rings. The summed E-state index contributed by atoms with van der Waals surface area (Å²) in [5, 5.41) is 0. The molecule has 1 aromatic carbocycles. The van der Waals surface area contributed by atoms with E-state index in [2.05, 4.69) is 0 Å². The molecule has 0 aliphatic heterocycles. The van der Waals surface area contributed by atoms with Gasteiger partial charge in [0, 0.05) is 31.7 Å². The zero-order chi connectivity index (χ0) is 17.7. The predicted octanol–water partition coefficient (Wildman–Crippen LogP) is 3.28. The van der Waals surface area contributed by atoms with E-state index in [1.54, 1.807) is 31.3 Å². The SMILES string of the molecule is CN(Cc1ccc(Cl)s1)C(=O)COC(=O)c1cccc(N(C)C)c1. The molecule has 0 N–H and O–H groups in total.